The fourth-order valence-electron chi connectivity index (χ4n) is 3.06. The summed E-state index contributed by atoms with van der Waals surface area (Å²) in [7, 11) is 0. The average molecular weight is 372 g/mol. The molecule has 0 saturated heterocycles. The number of hydrogen-bond donors (Lipinski definition) is 1. The zero-order valence-corrected chi connectivity index (χ0v) is 16.1. The van der Waals surface area contributed by atoms with Crippen molar-refractivity contribution < 1.29 is 4.79 Å². The molecule has 0 aliphatic heterocycles. The molecule has 2 fully saturated rings. The lowest BCUT2D eigenvalue weighted by molar-refractivity contribution is -0.121. The van der Waals surface area contributed by atoms with Crippen LogP contribution in [0.3, 0.4) is 0 Å². The first-order valence-corrected chi connectivity index (χ1v) is 10.3. The van der Waals surface area contributed by atoms with Crippen LogP contribution in [0.1, 0.15) is 62.9 Å². The maximum atomic E-state index is 12.8. The molecule has 4 rings (SSSR count). The third-order valence-corrected chi connectivity index (χ3v) is 6.33. The van der Waals surface area contributed by atoms with Crippen molar-refractivity contribution in [2.45, 2.75) is 68.4 Å². The topological polar surface area (TPSA) is 72.7 Å². The molecule has 2 heterocycles. The largest absolute Gasteiger partial charge is 0.351 e. The van der Waals surface area contributed by atoms with E-state index in [-0.39, 0.29) is 17.1 Å². The Labute approximate surface area is 158 Å². The molecule has 1 amide bonds. The van der Waals surface area contributed by atoms with Gasteiger partial charge in [0.25, 0.3) is 0 Å². The molecule has 1 N–H and O–H groups in total. The third-order valence-electron chi connectivity index (χ3n) is 4.83. The van der Waals surface area contributed by atoms with E-state index in [9.17, 15) is 4.79 Å². The molecule has 7 heteroatoms. The second kappa shape index (κ2) is 7.39. The highest BCUT2D eigenvalue weighted by Gasteiger charge is 2.37. The van der Waals surface area contributed by atoms with Crippen molar-refractivity contribution in [3.63, 3.8) is 0 Å². The summed E-state index contributed by atoms with van der Waals surface area (Å²) in [4.78, 5) is 16.9. The highest BCUT2D eigenvalue weighted by molar-refractivity contribution is 8.00. The van der Waals surface area contributed by atoms with Crippen LogP contribution >= 0.6 is 11.8 Å². The van der Waals surface area contributed by atoms with Crippen molar-refractivity contribution in [2.75, 3.05) is 0 Å². The molecule has 26 heavy (non-hydrogen) atoms. The van der Waals surface area contributed by atoms with Crippen LogP contribution in [0.25, 0.3) is 0 Å². The van der Waals surface area contributed by atoms with Gasteiger partial charge in [0.05, 0.1) is 5.25 Å². The number of hydrogen-bond acceptors (Lipinski definition) is 5. The summed E-state index contributed by atoms with van der Waals surface area (Å²) in [6, 6.07) is 4.39. The predicted molar refractivity (Wildman–Crippen MR) is 101 cm³/mol. The molecule has 2 aromatic heterocycles. The molecule has 2 aromatic rings. The van der Waals surface area contributed by atoms with Crippen molar-refractivity contribution in [3.05, 3.63) is 35.9 Å². The van der Waals surface area contributed by atoms with Crippen LogP contribution in [-0.4, -0.2) is 30.9 Å². The van der Waals surface area contributed by atoms with Crippen molar-refractivity contribution in [3.8, 4) is 0 Å². The molecular weight excluding hydrogens is 346 g/mol. The van der Waals surface area contributed by atoms with Crippen LogP contribution in [0.5, 0.6) is 0 Å². The molecule has 0 unspecified atom stereocenters. The van der Waals surface area contributed by atoms with Gasteiger partial charge in [-0.1, -0.05) is 31.7 Å². The summed E-state index contributed by atoms with van der Waals surface area (Å²) in [5.41, 5.74) is 1.01. The van der Waals surface area contributed by atoms with E-state index in [1.165, 1.54) is 25.7 Å². The van der Waals surface area contributed by atoms with Gasteiger partial charge < -0.3 is 9.88 Å². The normalized spacial score (nSPS) is 18.1. The Bertz CT molecular complexity index is 767. The second-order valence-electron chi connectivity index (χ2n) is 7.58. The molecule has 0 aromatic carbocycles. The van der Waals surface area contributed by atoms with Gasteiger partial charge >= 0.3 is 0 Å². The van der Waals surface area contributed by atoms with E-state index in [1.54, 1.807) is 24.2 Å². The number of nitrogens with one attached hydrogen (secondary N) is 1. The van der Waals surface area contributed by atoms with Crippen LogP contribution in [0.4, 0.5) is 0 Å². The molecule has 0 bridgehead atoms. The van der Waals surface area contributed by atoms with E-state index in [1.807, 2.05) is 12.1 Å². The summed E-state index contributed by atoms with van der Waals surface area (Å²) in [6.45, 7) is 4.67. The maximum Gasteiger partial charge on any atom is 0.234 e. The predicted octanol–water partition coefficient (Wildman–Crippen LogP) is 3.32. The number of rotatable bonds is 8. The number of thioether (sulfide) groups is 1. The minimum atomic E-state index is -0.180. The summed E-state index contributed by atoms with van der Waals surface area (Å²) >= 11 is 1.56. The quantitative estimate of drug-likeness (QED) is 0.721. The van der Waals surface area contributed by atoms with Crippen LogP contribution in [-0.2, 0) is 11.3 Å². The van der Waals surface area contributed by atoms with Gasteiger partial charge in [-0.3, -0.25) is 9.78 Å². The van der Waals surface area contributed by atoms with Gasteiger partial charge in [-0.15, -0.1) is 10.2 Å². The molecule has 138 valence electrons. The number of aromatic nitrogens is 4. The van der Waals surface area contributed by atoms with E-state index < -0.39 is 0 Å². The van der Waals surface area contributed by atoms with Crippen molar-refractivity contribution >= 4 is 17.7 Å². The summed E-state index contributed by atoms with van der Waals surface area (Å²) < 4.78 is 2.31. The highest BCUT2D eigenvalue weighted by Crippen LogP contribution is 2.46. The summed E-state index contributed by atoms with van der Waals surface area (Å²) in [5.74, 6) is 1.97. The number of carbonyl (C=O) groups is 1. The zero-order chi connectivity index (χ0) is 18.1. The fraction of sp³-hybridized carbons (Fsp3) is 0.579. The lowest BCUT2D eigenvalue weighted by Crippen LogP contribution is -2.35. The number of amides is 1. The van der Waals surface area contributed by atoms with E-state index in [0.29, 0.717) is 18.5 Å². The van der Waals surface area contributed by atoms with Gasteiger partial charge in [-0.05, 0) is 43.2 Å². The van der Waals surface area contributed by atoms with E-state index >= 15 is 0 Å². The van der Waals surface area contributed by atoms with Gasteiger partial charge in [0.1, 0.15) is 5.82 Å². The van der Waals surface area contributed by atoms with Crippen LogP contribution in [0.15, 0.2) is 29.7 Å². The van der Waals surface area contributed by atoms with E-state index in [4.69, 9.17) is 0 Å². The first-order valence-electron chi connectivity index (χ1n) is 9.41. The average Bonchev–Trinajstić information content (AvgIpc) is 3.57. The lowest BCUT2D eigenvalue weighted by Gasteiger charge is -2.20. The lowest BCUT2D eigenvalue weighted by atomic mass is 10.1. The molecule has 0 radical (unpaired) electrons. The molecule has 1 atom stereocenters. The third kappa shape index (κ3) is 3.92. The Morgan fingerprint density at radius 1 is 1.31 bits per heavy atom. The molecule has 2 saturated carbocycles. The zero-order valence-electron chi connectivity index (χ0n) is 15.3. The maximum absolute atomic E-state index is 12.8. The molecule has 2 aliphatic rings. The Hall–Kier alpha value is -1.89. The minimum Gasteiger partial charge on any atom is -0.351 e. The van der Waals surface area contributed by atoms with E-state index in [0.717, 1.165) is 16.5 Å². The van der Waals surface area contributed by atoms with Crippen molar-refractivity contribution in [2.24, 2.45) is 5.92 Å². The second-order valence-corrected chi connectivity index (χ2v) is 8.69. The molecule has 2 aliphatic carbocycles. The van der Waals surface area contributed by atoms with Crippen molar-refractivity contribution in [1.29, 1.82) is 0 Å². The first kappa shape index (κ1) is 17.5. The monoisotopic (exact) mass is 371 g/mol. The minimum absolute atomic E-state index is 0.0483. The SMILES string of the molecule is CC(C)[C@H](Sc1nnc(C2CC2)n1C1CC1)C(=O)NCc1cccnc1. The van der Waals surface area contributed by atoms with Crippen LogP contribution < -0.4 is 5.32 Å². The summed E-state index contributed by atoms with van der Waals surface area (Å²) in [5, 5.41) is 12.7. The molecule has 0 spiro atoms. The molecular formula is C19H25N5OS. The Kier molecular flexibility index (Phi) is 4.98. The highest BCUT2D eigenvalue weighted by atomic mass is 32.2. The van der Waals surface area contributed by atoms with Crippen molar-refractivity contribution in [1.82, 2.24) is 25.1 Å². The first-order chi connectivity index (χ1) is 12.6. The fourth-order valence-corrected chi connectivity index (χ4v) is 4.20. The smallest absolute Gasteiger partial charge is 0.234 e. The summed E-state index contributed by atoms with van der Waals surface area (Å²) in [6.07, 6.45) is 8.35. The Balaban J connectivity index is 1.46. The van der Waals surface area contributed by atoms with Crippen LogP contribution in [0, 0.1) is 5.92 Å². The van der Waals surface area contributed by atoms with Crippen LogP contribution in [0.2, 0.25) is 0 Å². The van der Waals surface area contributed by atoms with Gasteiger partial charge in [0.2, 0.25) is 5.91 Å². The van der Waals surface area contributed by atoms with Gasteiger partial charge in [-0.2, -0.15) is 0 Å². The Morgan fingerprint density at radius 3 is 2.73 bits per heavy atom. The van der Waals surface area contributed by atoms with Gasteiger partial charge in [0.15, 0.2) is 5.16 Å². The van der Waals surface area contributed by atoms with Gasteiger partial charge in [0, 0.05) is 30.9 Å². The van der Waals surface area contributed by atoms with Gasteiger partial charge in [-0.25, -0.2) is 0 Å². The number of carbonyl (C=O) groups excluding carboxylic acids is 1. The number of pyridine rings is 1. The Morgan fingerprint density at radius 2 is 2.12 bits per heavy atom. The molecule has 6 nitrogen and oxygen atoms in total. The standard InChI is InChI=1S/C19H25N5OS/c1-12(2)16(18(25)21-11-13-4-3-9-20-10-13)26-19-23-22-17(14-5-6-14)24(19)15-7-8-15/h3-4,9-10,12,14-16H,5-8,11H2,1-2H3,(H,21,25)/t16-/m0/s1. The van der Waals surface area contributed by atoms with E-state index in [2.05, 4.69) is 38.9 Å². The number of nitrogens with zero attached hydrogens (tertiary/aromatic N) is 4.